The topological polar surface area (TPSA) is 58.6 Å². The Kier molecular flexibility index (Phi) is 9.48. The first-order valence-corrected chi connectivity index (χ1v) is 10.8. The first-order chi connectivity index (χ1) is 14.0. The Labute approximate surface area is 185 Å². The van der Waals surface area contributed by atoms with Crippen LogP contribution < -0.4 is 10.1 Å². The van der Waals surface area contributed by atoms with E-state index in [9.17, 15) is 9.59 Å². The van der Waals surface area contributed by atoms with Crippen LogP contribution in [0.15, 0.2) is 53.0 Å². The minimum Gasteiger partial charge on any atom is -0.484 e. The summed E-state index contributed by atoms with van der Waals surface area (Å²) in [4.78, 5) is 27.3. The minimum absolute atomic E-state index is 0.163. The zero-order valence-electron chi connectivity index (χ0n) is 16.7. The summed E-state index contributed by atoms with van der Waals surface area (Å²) in [6.45, 7) is 4.52. The van der Waals surface area contributed by atoms with Crippen molar-refractivity contribution >= 4 is 39.3 Å². The quantitative estimate of drug-likeness (QED) is 0.529. The lowest BCUT2D eigenvalue weighted by atomic mass is 10.1. The van der Waals surface area contributed by atoms with Crippen molar-refractivity contribution in [1.29, 1.82) is 0 Å². The number of nitrogens with one attached hydrogen (secondary N) is 1. The third-order valence-electron chi connectivity index (χ3n) is 4.41. The van der Waals surface area contributed by atoms with Gasteiger partial charge in [0.15, 0.2) is 6.61 Å². The second kappa shape index (κ2) is 11.8. The Morgan fingerprint density at radius 2 is 1.83 bits per heavy atom. The molecule has 0 bridgehead atoms. The summed E-state index contributed by atoms with van der Waals surface area (Å²) in [5, 5.41) is 3.45. The van der Waals surface area contributed by atoms with Crippen LogP contribution in [0, 0.1) is 0 Å². The summed E-state index contributed by atoms with van der Waals surface area (Å²) in [7, 11) is 0. The average molecular weight is 482 g/mol. The molecule has 0 fully saturated rings. The number of halogens is 2. The van der Waals surface area contributed by atoms with Crippen LogP contribution in [0.2, 0.25) is 5.02 Å². The van der Waals surface area contributed by atoms with Crippen LogP contribution in [0.25, 0.3) is 0 Å². The molecule has 0 unspecified atom stereocenters. The Morgan fingerprint density at radius 3 is 2.45 bits per heavy atom. The first kappa shape index (κ1) is 23.2. The van der Waals surface area contributed by atoms with Crippen LogP contribution in [-0.4, -0.2) is 35.9 Å². The molecule has 0 aromatic heterocycles. The number of carbonyl (C=O) groups is 2. The van der Waals surface area contributed by atoms with Gasteiger partial charge in [0.25, 0.3) is 5.91 Å². The van der Waals surface area contributed by atoms with Gasteiger partial charge in [0.2, 0.25) is 5.91 Å². The van der Waals surface area contributed by atoms with E-state index in [1.165, 1.54) is 0 Å². The molecular weight excluding hydrogens is 456 g/mol. The van der Waals surface area contributed by atoms with Crippen molar-refractivity contribution in [2.45, 2.75) is 39.3 Å². The lowest BCUT2D eigenvalue weighted by Crippen LogP contribution is -2.50. The molecule has 2 aromatic rings. The predicted molar refractivity (Wildman–Crippen MR) is 119 cm³/mol. The largest absolute Gasteiger partial charge is 0.484 e. The molecule has 0 aliphatic rings. The molecule has 29 heavy (non-hydrogen) atoms. The smallest absolute Gasteiger partial charge is 0.261 e. The molecule has 0 spiro atoms. The highest BCUT2D eigenvalue weighted by Crippen LogP contribution is 2.20. The van der Waals surface area contributed by atoms with Gasteiger partial charge in [-0.3, -0.25) is 9.59 Å². The maximum absolute atomic E-state index is 13.0. The van der Waals surface area contributed by atoms with Crippen molar-refractivity contribution < 1.29 is 14.3 Å². The highest BCUT2D eigenvalue weighted by molar-refractivity contribution is 9.10. The Morgan fingerprint density at radius 1 is 1.14 bits per heavy atom. The van der Waals surface area contributed by atoms with Crippen molar-refractivity contribution in [3.63, 3.8) is 0 Å². The van der Waals surface area contributed by atoms with E-state index in [1.54, 1.807) is 23.1 Å². The number of ether oxygens (including phenoxy) is 1. The third-order valence-corrected chi connectivity index (χ3v) is 5.31. The van der Waals surface area contributed by atoms with E-state index in [4.69, 9.17) is 16.3 Å². The Balaban J connectivity index is 2.19. The molecule has 156 valence electrons. The predicted octanol–water partition coefficient (Wildman–Crippen LogP) is 4.81. The van der Waals surface area contributed by atoms with Gasteiger partial charge in [-0.05, 0) is 48.7 Å². The summed E-state index contributed by atoms with van der Waals surface area (Å²) < 4.78 is 6.58. The summed E-state index contributed by atoms with van der Waals surface area (Å²) in [5.41, 5.74) is 0.785. The number of hydrogen-bond acceptors (Lipinski definition) is 3. The van der Waals surface area contributed by atoms with Crippen LogP contribution in [0.3, 0.4) is 0 Å². The van der Waals surface area contributed by atoms with Crippen molar-refractivity contribution in [1.82, 2.24) is 10.2 Å². The molecule has 2 aromatic carbocycles. The van der Waals surface area contributed by atoms with E-state index >= 15 is 0 Å². The fraction of sp³-hybridized carbons (Fsp3) is 0.364. The third kappa shape index (κ3) is 7.05. The van der Waals surface area contributed by atoms with Gasteiger partial charge in [-0.2, -0.15) is 0 Å². The van der Waals surface area contributed by atoms with E-state index in [0.29, 0.717) is 23.7 Å². The molecule has 0 saturated carbocycles. The molecule has 0 aliphatic carbocycles. The second-order valence-corrected chi connectivity index (χ2v) is 7.89. The second-order valence-electron chi connectivity index (χ2n) is 6.57. The number of carbonyl (C=O) groups excluding carboxylic acids is 2. The minimum atomic E-state index is -0.598. The van der Waals surface area contributed by atoms with Gasteiger partial charge in [0.05, 0.1) is 0 Å². The molecule has 2 rings (SSSR count). The van der Waals surface area contributed by atoms with E-state index in [2.05, 4.69) is 21.2 Å². The molecule has 2 amide bonds. The summed E-state index contributed by atoms with van der Waals surface area (Å²) >= 11 is 9.67. The summed E-state index contributed by atoms with van der Waals surface area (Å²) in [6, 6.07) is 14.0. The van der Waals surface area contributed by atoms with Crippen molar-refractivity contribution in [2.24, 2.45) is 0 Å². The van der Waals surface area contributed by atoms with Crippen LogP contribution in [0.5, 0.6) is 5.75 Å². The van der Waals surface area contributed by atoms with Crippen molar-refractivity contribution in [3.8, 4) is 5.75 Å². The maximum Gasteiger partial charge on any atom is 0.261 e. The van der Waals surface area contributed by atoms with Gasteiger partial charge in [0, 0.05) is 22.6 Å². The molecule has 0 heterocycles. The zero-order valence-corrected chi connectivity index (χ0v) is 19.0. The monoisotopic (exact) mass is 480 g/mol. The average Bonchev–Trinajstić information content (AvgIpc) is 2.72. The van der Waals surface area contributed by atoms with Crippen LogP contribution in [-0.2, 0) is 16.1 Å². The zero-order chi connectivity index (χ0) is 21.2. The maximum atomic E-state index is 13.0. The Hall–Kier alpha value is -2.05. The molecule has 5 nitrogen and oxygen atoms in total. The number of rotatable bonds is 10. The van der Waals surface area contributed by atoms with E-state index in [1.807, 2.05) is 44.2 Å². The number of amides is 2. The van der Waals surface area contributed by atoms with Gasteiger partial charge in [-0.1, -0.05) is 59.6 Å². The summed E-state index contributed by atoms with van der Waals surface area (Å²) in [6.07, 6.45) is 1.32. The number of nitrogens with zero attached hydrogens (tertiary/aromatic N) is 1. The van der Waals surface area contributed by atoms with Gasteiger partial charge >= 0.3 is 0 Å². The molecule has 0 aliphatic heterocycles. The normalized spacial score (nSPS) is 11.6. The van der Waals surface area contributed by atoms with E-state index < -0.39 is 6.04 Å². The molecule has 1 N–H and O–H groups in total. The first-order valence-electron chi connectivity index (χ1n) is 9.65. The highest BCUT2D eigenvalue weighted by atomic mass is 79.9. The SMILES string of the molecule is CCCNC(=O)[C@@H](CC)N(Cc1ccccc1Cl)C(=O)COc1ccc(Br)cc1. The van der Waals surface area contributed by atoms with Gasteiger partial charge in [0.1, 0.15) is 11.8 Å². The fourth-order valence-electron chi connectivity index (χ4n) is 2.85. The van der Waals surface area contributed by atoms with Gasteiger partial charge < -0.3 is 15.0 Å². The standard InChI is InChI=1S/C22H26BrClN2O3/c1-3-13-25-22(28)20(4-2)26(14-16-7-5-6-8-19(16)24)21(27)15-29-18-11-9-17(23)10-12-18/h5-12,20H,3-4,13-15H2,1-2H3,(H,25,28)/t20-/m1/s1. The van der Waals surface area contributed by atoms with Crippen molar-refractivity contribution in [2.75, 3.05) is 13.2 Å². The molecular formula is C22H26BrClN2O3. The fourth-order valence-corrected chi connectivity index (χ4v) is 3.31. The number of hydrogen-bond donors (Lipinski definition) is 1. The van der Waals surface area contributed by atoms with E-state index in [0.717, 1.165) is 16.5 Å². The number of benzene rings is 2. The molecule has 7 heteroatoms. The highest BCUT2D eigenvalue weighted by Gasteiger charge is 2.29. The van der Waals surface area contributed by atoms with E-state index in [-0.39, 0.29) is 25.0 Å². The summed E-state index contributed by atoms with van der Waals surface area (Å²) in [5.74, 6) is 0.146. The van der Waals surface area contributed by atoms with Crippen LogP contribution in [0.1, 0.15) is 32.3 Å². The van der Waals surface area contributed by atoms with Crippen LogP contribution in [0.4, 0.5) is 0 Å². The van der Waals surface area contributed by atoms with Crippen LogP contribution >= 0.6 is 27.5 Å². The molecule has 1 atom stereocenters. The molecule has 0 radical (unpaired) electrons. The van der Waals surface area contributed by atoms with Gasteiger partial charge in [-0.25, -0.2) is 0 Å². The van der Waals surface area contributed by atoms with Crippen molar-refractivity contribution in [3.05, 3.63) is 63.6 Å². The Bertz CT molecular complexity index is 814. The lowest BCUT2D eigenvalue weighted by Gasteiger charge is -2.30. The molecule has 0 saturated heterocycles. The van der Waals surface area contributed by atoms with Gasteiger partial charge in [-0.15, -0.1) is 0 Å². The lowest BCUT2D eigenvalue weighted by molar-refractivity contribution is -0.143.